The van der Waals surface area contributed by atoms with Gasteiger partial charge >= 0.3 is 11.9 Å². The molecule has 0 aliphatic heterocycles. The first-order chi connectivity index (χ1) is 27.0. The molecule has 2 N–H and O–H groups in total. The third-order valence-corrected chi connectivity index (χ3v) is 10.7. The molecule has 288 valence electrons. The van der Waals surface area contributed by atoms with Gasteiger partial charge < -0.3 is 18.9 Å². The Morgan fingerprint density at radius 3 is 1.36 bits per heavy atom. The average Bonchev–Trinajstić information content (AvgIpc) is 3.19. The summed E-state index contributed by atoms with van der Waals surface area (Å²) in [5, 5.41) is 10.0. The van der Waals surface area contributed by atoms with E-state index in [1.807, 2.05) is 60.7 Å². The lowest BCUT2D eigenvalue weighted by atomic mass is 9.99. The Balaban J connectivity index is 1.18. The van der Waals surface area contributed by atoms with Crippen LogP contribution in [0.25, 0.3) is 21.5 Å². The smallest absolute Gasteiger partial charge is 0.333 e. The number of ether oxygens (including phenoxy) is 4. The number of carbonyl (C=O) groups is 2. The van der Waals surface area contributed by atoms with Crippen LogP contribution in [0.3, 0.4) is 0 Å². The number of hydrogen-bond donors (Lipinski definition) is 2. The highest BCUT2D eigenvalue weighted by molar-refractivity contribution is 14.1. The summed E-state index contributed by atoms with van der Waals surface area (Å²) in [5.74, 6) is -1.34. The Hall–Kier alpha value is -4.64. The molecular weight excluding hydrogens is 944 g/mol. The van der Waals surface area contributed by atoms with E-state index < -0.39 is 35.0 Å². The van der Waals surface area contributed by atoms with Crippen LogP contribution in [0.1, 0.15) is 24.0 Å². The standard InChI is InChI=1S/C44H38F2I2N2O6/c1-49-43(31-9-13-33(45)14-10-31,23-25-53-39-7-3-5-29-27-35(47)17-19-37(29)39)55-41(51)21-22-42(52)56-44(50-2,32-11-15-34(46)16-12-32)24-26-54-40-8-4-6-30-28-36(48)18-20-38(30)40/h3-22,27-28,49-50H,23-26H2,1-2H3/b22-21-. The van der Waals surface area contributed by atoms with Gasteiger partial charge in [-0.25, -0.2) is 18.4 Å². The van der Waals surface area contributed by atoms with E-state index in [2.05, 4.69) is 67.9 Å². The molecule has 12 heteroatoms. The zero-order chi connectivity index (χ0) is 39.7. The second kappa shape index (κ2) is 18.5. The quantitative estimate of drug-likeness (QED) is 0.0429. The molecule has 0 spiro atoms. The number of hydrogen-bond acceptors (Lipinski definition) is 8. The predicted octanol–water partition coefficient (Wildman–Crippen LogP) is 9.51. The molecule has 56 heavy (non-hydrogen) atoms. The second-order valence-electron chi connectivity index (χ2n) is 12.8. The third-order valence-electron chi connectivity index (χ3n) is 9.36. The van der Waals surface area contributed by atoms with E-state index in [0.29, 0.717) is 22.6 Å². The zero-order valence-corrected chi connectivity index (χ0v) is 34.8. The normalized spacial score (nSPS) is 13.6. The Bertz CT molecular complexity index is 2200. The van der Waals surface area contributed by atoms with Gasteiger partial charge in [0.05, 0.1) is 13.2 Å². The fourth-order valence-electron chi connectivity index (χ4n) is 6.45. The van der Waals surface area contributed by atoms with Crippen LogP contribution >= 0.6 is 45.2 Å². The van der Waals surface area contributed by atoms with E-state index in [-0.39, 0.29) is 26.1 Å². The van der Waals surface area contributed by atoms with Gasteiger partial charge in [0.25, 0.3) is 0 Å². The minimum atomic E-state index is -1.46. The van der Waals surface area contributed by atoms with Crippen molar-refractivity contribution in [2.45, 2.75) is 24.3 Å². The molecule has 0 aliphatic carbocycles. The molecule has 0 aliphatic rings. The maximum absolute atomic E-state index is 14.0. The average molecular weight is 983 g/mol. The number of fused-ring (bicyclic) bond motifs is 2. The number of halogens is 4. The summed E-state index contributed by atoms with van der Waals surface area (Å²) in [6.07, 6.45) is 2.18. The largest absolute Gasteiger partial charge is 0.493 e. The number of nitrogens with one attached hydrogen (secondary N) is 2. The van der Waals surface area contributed by atoms with Gasteiger partial charge in [-0.15, -0.1) is 0 Å². The van der Waals surface area contributed by atoms with Crippen molar-refractivity contribution in [1.29, 1.82) is 0 Å². The molecule has 8 nitrogen and oxygen atoms in total. The highest BCUT2D eigenvalue weighted by Crippen LogP contribution is 2.33. The Morgan fingerprint density at radius 1 is 0.589 bits per heavy atom. The molecule has 0 saturated heterocycles. The van der Waals surface area contributed by atoms with Crippen LogP contribution in [0.4, 0.5) is 8.78 Å². The monoisotopic (exact) mass is 982 g/mol. The van der Waals surface area contributed by atoms with Crippen molar-refractivity contribution < 1.29 is 37.3 Å². The zero-order valence-electron chi connectivity index (χ0n) is 30.5. The van der Waals surface area contributed by atoms with Gasteiger partial charge in [0.1, 0.15) is 23.1 Å². The first-order valence-electron chi connectivity index (χ1n) is 17.7. The summed E-state index contributed by atoms with van der Waals surface area (Å²) in [6, 6.07) is 34.7. The minimum absolute atomic E-state index is 0.116. The molecule has 6 aromatic carbocycles. The van der Waals surface area contributed by atoms with Crippen molar-refractivity contribution in [2.24, 2.45) is 0 Å². The molecular formula is C44H38F2I2N2O6. The van der Waals surface area contributed by atoms with Gasteiger partial charge in [-0.05, 0) is 143 Å². The molecule has 0 aromatic heterocycles. The van der Waals surface area contributed by atoms with Gasteiger partial charge in [-0.1, -0.05) is 48.5 Å². The van der Waals surface area contributed by atoms with Gasteiger partial charge in [-0.3, -0.25) is 10.6 Å². The van der Waals surface area contributed by atoms with Gasteiger partial charge in [0, 0.05) is 54.0 Å². The summed E-state index contributed by atoms with van der Waals surface area (Å²) in [7, 11) is 3.22. The van der Waals surface area contributed by atoms with E-state index >= 15 is 0 Å². The molecule has 0 heterocycles. The topological polar surface area (TPSA) is 95.1 Å². The van der Waals surface area contributed by atoms with Crippen molar-refractivity contribution in [1.82, 2.24) is 10.6 Å². The van der Waals surface area contributed by atoms with Crippen molar-refractivity contribution in [3.8, 4) is 11.5 Å². The number of benzene rings is 6. The van der Waals surface area contributed by atoms with E-state index in [0.717, 1.165) is 40.8 Å². The SMILES string of the molecule is CNC(CCOc1cccc2cc(I)ccc12)(OC(=O)/C=C\C(=O)OC(CCOc1cccc2cc(I)ccc12)(NC)c1ccc(F)cc1)c1ccc(F)cc1. The van der Waals surface area contributed by atoms with E-state index in [9.17, 15) is 18.4 Å². The third kappa shape index (κ3) is 9.83. The molecule has 2 atom stereocenters. The van der Waals surface area contributed by atoms with Crippen LogP contribution < -0.4 is 20.1 Å². The van der Waals surface area contributed by atoms with Gasteiger partial charge in [0.2, 0.25) is 0 Å². The summed E-state index contributed by atoms with van der Waals surface area (Å²) >= 11 is 4.51. The highest BCUT2D eigenvalue weighted by Gasteiger charge is 2.36. The van der Waals surface area contributed by atoms with Crippen molar-refractivity contribution in [3.05, 3.63) is 163 Å². The van der Waals surface area contributed by atoms with Crippen LogP contribution in [-0.4, -0.2) is 39.2 Å². The lowest BCUT2D eigenvalue weighted by molar-refractivity contribution is -0.163. The molecule has 6 rings (SSSR count). The van der Waals surface area contributed by atoms with Crippen LogP contribution in [0.15, 0.2) is 133 Å². The summed E-state index contributed by atoms with van der Waals surface area (Å²) < 4.78 is 54.6. The van der Waals surface area contributed by atoms with Gasteiger partial charge in [-0.2, -0.15) is 0 Å². The molecule has 0 amide bonds. The maximum atomic E-state index is 14.0. The van der Waals surface area contributed by atoms with E-state index in [4.69, 9.17) is 18.9 Å². The summed E-state index contributed by atoms with van der Waals surface area (Å²) in [5.41, 5.74) is -1.99. The van der Waals surface area contributed by atoms with Crippen LogP contribution in [0.2, 0.25) is 0 Å². The van der Waals surface area contributed by atoms with Gasteiger partial charge in [0.15, 0.2) is 11.4 Å². The second-order valence-corrected chi connectivity index (χ2v) is 15.3. The van der Waals surface area contributed by atoms with E-state index in [1.54, 1.807) is 14.1 Å². The van der Waals surface area contributed by atoms with Crippen LogP contribution in [0.5, 0.6) is 11.5 Å². The Kier molecular flexibility index (Phi) is 13.6. The lowest BCUT2D eigenvalue weighted by Gasteiger charge is -2.34. The maximum Gasteiger partial charge on any atom is 0.333 e. The fourth-order valence-corrected chi connectivity index (χ4v) is 7.48. The molecule has 2 unspecified atom stereocenters. The molecule has 0 bridgehead atoms. The van der Waals surface area contributed by atoms with Crippen molar-refractivity contribution >= 4 is 78.7 Å². The fraction of sp³-hybridized carbons (Fsp3) is 0.182. The molecule has 6 aromatic rings. The van der Waals surface area contributed by atoms with Crippen LogP contribution in [-0.2, 0) is 30.5 Å². The van der Waals surface area contributed by atoms with E-state index in [1.165, 1.54) is 48.5 Å². The Labute approximate surface area is 350 Å². The predicted molar refractivity (Wildman–Crippen MR) is 229 cm³/mol. The summed E-state index contributed by atoms with van der Waals surface area (Å²) in [6.45, 7) is 0.232. The molecule has 0 saturated carbocycles. The van der Waals surface area contributed by atoms with Crippen LogP contribution in [0, 0.1) is 18.8 Å². The van der Waals surface area contributed by atoms with Crippen molar-refractivity contribution in [3.63, 3.8) is 0 Å². The first-order valence-corrected chi connectivity index (χ1v) is 19.8. The number of carbonyl (C=O) groups excluding carboxylic acids is 2. The number of esters is 2. The lowest BCUT2D eigenvalue weighted by Crippen LogP contribution is -2.46. The van der Waals surface area contributed by atoms with Crippen molar-refractivity contribution in [2.75, 3.05) is 27.3 Å². The first kappa shape index (κ1) is 41.0. The number of rotatable bonds is 16. The molecule has 0 radical (unpaired) electrons. The minimum Gasteiger partial charge on any atom is -0.493 e. The highest BCUT2D eigenvalue weighted by atomic mass is 127. The molecule has 0 fully saturated rings. The Morgan fingerprint density at radius 2 is 0.982 bits per heavy atom. The summed E-state index contributed by atoms with van der Waals surface area (Å²) in [4.78, 5) is 26.9.